The van der Waals surface area contributed by atoms with E-state index in [2.05, 4.69) is 4.98 Å². The molecule has 0 atom stereocenters. The van der Waals surface area contributed by atoms with Crippen LogP contribution in [0.1, 0.15) is 29.3 Å². The molecule has 3 rings (SSSR count). The number of benzene rings is 2. The lowest BCUT2D eigenvalue weighted by atomic mass is 10.0. The van der Waals surface area contributed by atoms with Crippen LogP contribution in [0.3, 0.4) is 0 Å². The summed E-state index contributed by atoms with van der Waals surface area (Å²) in [5, 5.41) is 0. The highest BCUT2D eigenvalue weighted by Crippen LogP contribution is 2.09. The molecule has 0 aliphatic heterocycles. The van der Waals surface area contributed by atoms with E-state index in [4.69, 9.17) is 4.74 Å². The predicted octanol–water partition coefficient (Wildman–Crippen LogP) is 2.86. The van der Waals surface area contributed by atoms with Gasteiger partial charge in [0.05, 0.1) is 6.61 Å². The largest absolute Gasteiger partial charge is 0.356 e. The molecule has 0 bridgehead atoms. The van der Waals surface area contributed by atoms with Gasteiger partial charge in [0.1, 0.15) is 6.73 Å². The second-order valence-corrected chi connectivity index (χ2v) is 6.10. The van der Waals surface area contributed by atoms with Crippen LogP contribution in [0.15, 0.2) is 70.3 Å². The van der Waals surface area contributed by atoms with Gasteiger partial charge in [-0.15, -0.1) is 0 Å². The normalized spacial score (nSPS) is 10.8. The highest BCUT2D eigenvalue weighted by atomic mass is 16.5. The average molecular weight is 350 g/mol. The number of H-pyrrole nitrogens is 1. The molecule has 1 N–H and O–H groups in total. The minimum Gasteiger partial charge on any atom is -0.356 e. The van der Waals surface area contributed by atoms with Crippen molar-refractivity contribution < 1.29 is 4.74 Å². The molecule has 0 fully saturated rings. The van der Waals surface area contributed by atoms with E-state index in [1.54, 1.807) is 0 Å². The predicted molar refractivity (Wildman–Crippen MR) is 101 cm³/mol. The highest BCUT2D eigenvalue weighted by molar-refractivity contribution is 5.26. The van der Waals surface area contributed by atoms with Gasteiger partial charge in [0.25, 0.3) is 5.56 Å². The number of hydrogen-bond acceptors (Lipinski definition) is 3. The van der Waals surface area contributed by atoms with E-state index >= 15 is 0 Å². The molecule has 0 aliphatic carbocycles. The third kappa shape index (κ3) is 4.18. The molecule has 26 heavy (non-hydrogen) atoms. The number of ether oxygens (including phenoxy) is 1. The van der Waals surface area contributed by atoms with Crippen LogP contribution < -0.4 is 11.2 Å². The summed E-state index contributed by atoms with van der Waals surface area (Å²) in [6.07, 6.45) is 1.08. The Morgan fingerprint density at radius 3 is 2.15 bits per heavy atom. The second kappa shape index (κ2) is 8.45. The molecule has 134 valence electrons. The molecule has 5 nitrogen and oxygen atoms in total. The van der Waals surface area contributed by atoms with E-state index < -0.39 is 5.69 Å². The Hall–Kier alpha value is -2.92. The topological polar surface area (TPSA) is 64.1 Å². The molecule has 1 heterocycles. The number of aromatic amines is 1. The first-order valence-electron chi connectivity index (χ1n) is 8.69. The molecule has 0 saturated heterocycles. The smallest absolute Gasteiger partial charge is 0.330 e. The summed E-state index contributed by atoms with van der Waals surface area (Å²) in [5.74, 6) is 0. The van der Waals surface area contributed by atoms with Gasteiger partial charge in [-0.25, -0.2) is 9.36 Å². The Labute approximate surface area is 151 Å². The van der Waals surface area contributed by atoms with Crippen LogP contribution >= 0.6 is 0 Å². The van der Waals surface area contributed by atoms with Crippen LogP contribution in [0.2, 0.25) is 0 Å². The minimum absolute atomic E-state index is 0.0678. The summed E-state index contributed by atoms with van der Waals surface area (Å²) in [4.78, 5) is 28.0. The minimum atomic E-state index is -0.439. The molecule has 2 aromatic carbocycles. The monoisotopic (exact) mass is 350 g/mol. The Morgan fingerprint density at radius 2 is 1.54 bits per heavy atom. The fourth-order valence-corrected chi connectivity index (χ4v) is 2.92. The maximum absolute atomic E-state index is 12.7. The Bertz CT molecular complexity index is 960. The second-order valence-electron chi connectivity index (χ2n) is 6.10. The Kier molecular flexibility index (Phi) is 5.81. The van der Waals surface area contributed by atoms with Crippen LogP contribution in [0, 0.1) is 0 Å². The van der Waals surface area contributed by atoms with E-state index in [0.717, 1.165) is 15.7 Å². The zero-order valence-electron chi connectivity index (χ0n) is 14.8. The summed E-state index contributed by atoms with van der Waals surface area (Å²) in [6, 6.07) is 19.4. The van der Waals surface area contributed by atoms with Gasteiger partial charge in [-0.2, -0.15) is 0 Å². The third-order valence-corrected chi connectivity index (χ3v) is 4.28. The van der Waals surface area contributed by atoms with Crippen LogP contribution in [-0.4, -0.2) is 9.55 Å². The molecule has 0 saturated carbocycles. The van der Waals surface area contributed by atoms with Crippen molar-refractivity contribution in [3.8, 4) is 0 Å². The van der Waals surface area contributed by atoms with E-state index in [9.17, 15) is 9.59 Å². The molecule has 0 aliphatic rings. The Balaban J connectivity index is 1.81. The molecule has 0 radical (unpaired) electrons. The van der Waals surface area contributed by atoms with Gasteiger partial charge >= 0.3 is 5.69 Å². The molecular formula is C21H22N2O3. The van der Waals surface area contributed by atoms with Crippen LogP contribution in [0.4, 0.5) is 0 Å². The number of nitrogens with zero attached hydrogens (tertiary/aromatic N) is 1. The van der Waals surface area contributed by atoms with Crippen LogP contribution in [-0.2, 0) is 30.9 Å². The van der Waals surface area contributed by atoms with Crippen molar-refractivity contribution in [3.63, 3.8) is 0 Å². The van der Waals surface area contributed by atoms with Gasteiger partial charge in [-0.1, -0.05) is 67.6 Å². The lowest BCUT2D eigenvalue weighted by molar-refractivity contribution is 0.0585. The molecular weight excluding hydrogens is 328 g/mol. The van der Waals surface area contributed by atoms with Gasteiger partial charge in [-0.3, -0.25) is 4.79 Å². The molecule has 3 aromatic rings. The molecule has 1 aromatic heterocycles. The van der Waals surface area contributed by atoms with Crippen LogP contribution in [0.25, 0.3) is 0 Å². The SMILES string of the molecule is CCc1c(Cc2ccccc2)[nH]c(=O)n(COCc2ccccc2)c1=O. The summed E-state index contributed by atoms with van der Waals surface area (Å²) < 4.78 is 6.69. The summed E-state index contributed by atoms with van der Waals surface area (Å²) in [7, 11) is 0. The van der Waals surface area contributed by atoms with Crippen molar-refractivity contribution in [3.05, 3.63) is 104 Å². The quantitative estimate of drug-likeness (QED) is 0.713. The standard InChI is InChI=1S/C21H22N2O3/c1-2-18-19(13-16-9-5-3-6-10-16)22-21(25)23(20(18)24)15-26-14-17-11-7-4-8-12-17/h3-12H,2,13-15H2,1H3,(H,22,25). The fraction of sp³-hybridized carbons (Fsp3) is 0.238. The van der Waals surface area contributed by atoms with Gasteiger partial charge in [0, 0.05) is 17.7 Å². The van der Waals surface area contributed by atoms with Gasteiger partial charge in [0.2, 0.25) is 0 Å². The summed E-state index contributed by atoms with van der Waals surface area (Å²) >= 11 is 0. The lowest BCUT2D eigenvalue weighted by Crippen LogP contribution is -2.39. The van der Waals surface area contributed by atoms with Gasteiger partial charge < -0.3 is 9.72 Å². The molecule has 0 amide bonds. The van der Waals surface area contributed by atoms with Crippen molar-refractivity contribution >= 4 is 0 Å². The van der Waals surface area contributed by atoms with E-state index in [-0.39, 0.29) is 12.3 Å². The molecule has 5 heteroatoms. The average Bonchev–Trinajstić information content (AvgIpc) is 2.66. The first kappa shape index (κ1) is 17.9. The first-order valence-corrected chi connectivity index (χ1v) is 8.69. The van der Waals surface area contributed by atoms with Crippen molar-refractivity contribution in [2.75, 3.05) is 0 Å². The van der Waals surface area contributed by atoms with Crippen molar-refractivity contribution in [2.45, 2.75) is 33.1 Å². The zero-order valence-corrected chi connectivity index (χ0v) is 14.8. The maximum Gasteiger partial charge on any atom is 0.330 e. The lowest BCUT2D eigenvalue weighted by Gasteiger charge is -2.12. The fourth-order valence-electron chi connectivity index (χ4n) is 2.92. The first-order chi connectivity index (χ1) is 12.7. The van der Waals surface area contributed by atoms with E-state index in [0.29, 0.717) is 30.7 Å². The van der Waals surface area contributed by atoms with Crippen molar-refractivity contribution in [2.24, 2.45) is 0 Å². The number of rotatable bonds is 7. The van der Waals surface area contributed by atoms with Crippen molar-refractivity contribution in [1.29, 1.82) is 0 Å². The van der Waals surface area contributed by atoms with Crippen molar-refractivity contribution in [1.82, 2.24) is 9.55 Å². The van der Waals surface area contributed by atoms with Gasteiger partial charge in [0.15, 0.2) is 0 Å². The van der Waals surface area contributed by atoms with E-state index in [1.165, 1.54) is 0 Å². The van der Waals surface area contributed by atoms with E-state index in [1.807, 2.05) is 67.6 Å². The molecule has 0 unspecified atom stereocenters. The highest BCUT2D eigenvalue weighted by Gasteiger charge is 2.13. The van der Waals surface area contributed by atoms with Crippen LogP contribution in [0.5, 0.6) is 0 Å². The number of nitrogens with one attached hydrogen (secondary N) is 1. The molecule has 0 spiro atoms. The third-order valence-electron chi connectivity index (χ3n) is 4.28. The zero-order chi connectivity index (χ0) is 18.4. The summed E-state index contributed by atoms with van der Waals surface area (Å²) in [6.45, 7) is 2.19. The summed E-state index contributed by atoms with van der Waals surface area (Å²) in [5.41, 5.74) is 2.62. The maximum atomic E-state index is 12.7. The number of aromatic nitrogens is 2. The Morgan fingerprint density at radius 1 is 0.923 bits per heavy atom. The number of hydrogen-bond donors (Lipinski definition) is 1. The van der Waals surface area contributed by atoms with Gasteiger partial charge in [-0.05, 0) is 17.5 Å².